The van der Waals surface area contributed by atoms with Gasteiger partial charge < -0.3 is 10.6 Å². The predicted molar refractivity (Wildman–Crippen MR) is 87.6 cm³/mol. The number of hydrogen-bond donors (Lipinski definition) is 2. The second-order valence-corrected chi connectivity index (χ2v) is 5.87. The molecule has 0 radical (unpaired) electrons. The zero-order chi connectivity index (χ0) is 15.1. The van der Waals surface area contributed by atoms with Gasteiger partial charge in [0.05, 0.1) is 11.9 Å². The summed E-state index contributed by atoms with van der Waals surface area (Å²) in [5.74, 6) is 1.85. The molecule has 5 nitrogen and oxygen atoms in total. The number of carbonyl (C=O) groups excluding carboxylic acids is 1. The molecule has 0 atom stereocenters. The summed E-state index contributed by atoms with van der Waals surface area (Å²) in [4.78, 5) is 11.6. The van der Waals surface area contributed by atoms with E-state index >= 15 is 0 Å². The zero-order valence-corrected chi connectivity index (χ0v) is 13.1. The van der Waals surface area contributed by atoms with Crippen LogP contribution in [0.5, 0.6) is 0 Å². The number of benzene rings is 1. The van der Waals surface area contributed by atoms with Gasteiger partial charge in [0.25, 0.3) is 0 Å². The molecule has 21 heavy (non-hydrogen) atoms. The van der Waals surface area contributed by atoms with Crippen molar-refractivity contribution < 1.29 is 4.79 Å². The number of thioether (sulfide) groups is 1. The minimum absolute atomic E-state index is 0.195. The lowest BCUT2D eigenvalue weighted by molar-refractivity contribution is 0.252. The van der Waals surface area contributed by atoms with E-state index in [2.05, 4.69) is 40.9 Å². The number of amides is 2. The van der Waals surface area contributed by atoms with Crippen LogP contribution in [0.1, 0.15) is 11.1 Å². The van der Waals surface area contributed by atoms with Crippen molar-refractivity contribution in [3.8, 4) is 0 Å². The molecule has 0 aliphatic rings. The first-order valence-electron chi connectivity index (χ1n) is 6.81. The van der Waals surface area contributed by atoms with Gasteiger partial charge in [0.1, 0.15) is 0 Å². The van der Waals surface area contributed by atoms with Crippen LogP contribution < -0.4 is 10.6 Å². The highest BCUT2D eigenvalue weighted by molar-refractivity contribution is 7.98. The molecule has 2 amide bonds. The molecule has 2 rings (SSSR count). The minimum Gasteiger partial charge on any atom is -0.337 e. The van der Waals surface area contributed by atoms with Crippen molar-refractivity contribution >= 4 is 23.5 Å². The number of carbonyl (C=O) groups is 1. The van der Waals surface area contributed by atoms with Crippen molar-refractivity contribution in [2.75, 3.05) is 17.6 Å². The Balaban J connectivity index is 1.61. The Morgan fingerprint density at radius 1 is 1.38 bits per heavy atom. The standard InChI is InChI=1S/C15H20N4OS/c1-12-5-3-4-6-13(12)11-21-8-7-16-15(20)18-14-9-17-19(2)10-14/h3-6,9-10H,7-8,11H2,1-2H3,(H2,16,18,20). The molecular weight excluding hydrogens is 284 g/mol. The Morgan fingerprint density at radius 3 is 2.90 bits per heavy atom. The second kappa shape index (κ2) is 7.73. The van der Waals surface area contributed by atoms with Gasteiger partial charge in [-0.25, -0.2) is 4.79 Å². The third-order valence-electron chi connectivity index (χ3n) is 3.01. The van der Waals surface area contributed by atoms with Crippen molar-refractivity contribution in [1.82, 2.24) is 15.1 Å². The number of anilines is 1. The SMILES string of the molecule is Cc1ccccc1CSCCNC(=O)Nc1cnn(C)c1. The zero-order valence-electron chi connectivity index (χ0n) is 12.3. The number of aryl methyl sites for hydroxylation is 2. The van der Waals surface area contributed by atoms with Gasteiger partial charge in [-0.15, -0.1) is 0 Å². The van der Waals surface area contributed by atoms with Crippen molar-refractivity contribution in [2.45, 2.75) is 12.7 Å². The molecule has 1 aromatic heterocycles. The van der Waals surface area contributed by atoms with Gasteiger partial charge in [-0.1, -0.05) is 24.3 Å². The van der Waals surface area contributed by atoms with E-state index in [1.807, 2.05) is 24.9 Å². The van der Waals surface area contributed by atoms with Crippen molar-refractivity contribution in [3.63, 3.8) is 0 Å². The lowest BCUT2D eigenvalue weighted by Crippen LogP contribution is -2.30. The molecule has 0 aliphatic carbocycles. The molecule has 112 valence electrons. The Bertz CT molecular complexity index is 597. The van der Waals surface area contributed by atoms with Crippen LogP contribution in [0.15, 0.2) is 36.7 Å². The fourth-order valence-electron chi connectivity index (χ4n) is 1.85. The van der Waals surface area contributed by atoms with Crippen LogP contribution in [0, 0.1) is 6.92 Å². The van der Waals surface area contributed by atoms with Gasteiger partial charge in [0.15, 0.2) is 0 Å². The van der Waals surface area contributed by atoms with E-state index in [0.717, 1.165) is 11.5 Å². The lowest BCUT2D eigenvalue weighted by Gasteiger charge is -2.07. The van der Waals surface area contributed by atoms with E-state index in [1.54, 1.807) is 17.1 Å². The van der Waals surface area contributed by atoms with Gasteiger partial charge in [-0.05, 0) is 18.1 Å². The number of nitrogens with one attached hydrogen (secondary N) is 2. The maximum atomic E-state index is 11.6. The maximum absolute atomic E-state index is 11.6. The highest BCUT2D eigenvalue weighted by Gasteiger charge is 2.02. The first kappa shape index (κ1) is 15.4. The van der Waals surface area contributed by atoms with Gasteiger partial charge in [-0.3, -0.25) is 4.68 Å². The average Bonchev–Trinajstić information content (AvgIpc) is 2.85. The maximum Gasteiger partial charge on any atom is 0.319 e. The lowest BCUT2D eigenvalue weighted by atomic mass is 10.1. The van der Waals surface area contributed by atoms with Crippen LogP contribution in [-0.4, -0.2) is 28.1 Å². The van der Waals surface area contributed by atoms with E-state index in [1.165, 1.54) is 11.1 Å². The van der Waals surface area contributed by atoms with E-state index in [0.29, 0.717) is 12.2 Å². The van der Waals surface area contributed by atoms with E-state index in [-0.39, 0.29) is 6.03 Å². The highest BCUT2D eigenvalue weighted by Crippen LogP contribution is 2.15. The van der Waals surface area contributed by atoms with Crippen molar-refractivity contribution in [2.24, 2.45) is 7.05 Å². The molecule has 1 heterocycles. The average molecular weight is 304 g/mol. The second-order valence-electron chi connectivity index (χ2n) is 4.76. The van der Waals surface area contributed by atoms with Gasteiger partial charge in [0.2, 0.25) is 0 Å². The summed E-state index contributed by atoms with van der Waals surface area (Å²) in [5.41, 5.74) is 3.36. The molecule has 0 aliphatic heterocycles. The molecule has 0 saturated carbocycles. The van der Waals surface area contributed by atoms with E-state index in [9.17, 15) is 4.79 Å². The van der Waals surface area contributed by atoms with Crippen LogP contribution in [0.4, 0.5) is 10.5 Å². The molecule has 2 aromatic rings. The molecule has 0 unspecified atom stereocenters. The normalized spacial score (nSPS) is 10.4. The van der Waals surface area contributed by atoms with Crippen LogP contribution in [0.25, 0.3) is 0 Å². The third kappa shape index (κ3) is 5.15. The molecule has 6 heteroatoms. The molecule has 0 bridgehead atoms. The summed E-state index contributed by atoms with van der Waals surface area (Å²) in [7, 11) is 1.81. The molecule has 0 saturated heterocycles. The largest absolute Gasteiger partial charge is 0.337 e. The van der Waals surface area contributed by atoms with E-state index in [4.69, 9.17) is 0 Å². The quantitative estimate of drug-likeness (QED) is 0.807. The Morgan fingerprint density at radius 2 is 2.19 bits per heavy atom. The number of urea groups is 1. The van der Waals surface area contributed by atoms with Crippen LogP contribution in [0.2, 0.25) is 0 Å². The third-order valence-corrected chi connectivity index (χ3v) is 4.02. The first-order valence-corrected chi connectivity index (χ1v) is 7.96. The molecule has 1 aromatic carbocycles. The summed E-state index contributed by atoms with van der Waals surface area (Å²) in [6.07, 6.45) is 3.37. The predicted octanol–water partition coefficient (Wildman–Crippen LogP) is 2.78. The van der Waals surface area contributed by atoms with Gasteiger partial charge in [0, 0.05) is 31.3 Å². The van der Waals surface area contributed by atoms with Crippen molar-refractivity contribution in [1.29, 1.82) is 0 Å². The molecule has 0 spiro atoms. The van der Waals surface area contributed by atoms with Gasteiger partial charge in [-0.2, -0.15) is 16.9 Å². The Labute approximate surface area is 129 Å². The molecular formula is C15H20N4OS. The number of hydrogen-bond acceptors (Lipinski definition) is 3. The summed E-state index contributed by atoms with van der Waals surface area (Å²) in [6.45, 7) is 2.76. The minimum atomic E-state index is -0.195. The highest BCUT2D eigenvalue weighted by atomic mass is 32.2. The fraction of sp³-hybridized carbons (Fsp3) is 0.333. The Hall–Kier alpha value is -1.95. The van der Waals surface area contributed by atoms with Crippen molar-refractivity contribution in [3.05, 3.63) is 47.8 Å². The number of rotatable bonds is 6. The summed E-state index contributed by atoms with van der Waals surface area (Å²) < 4.78 is 1.65. The van der Waals surface area contributed by atoms with Gasteiger partial charge >= 0.3 is 6.03 Å². The summed E-state index contributed by atoms with van der Waals surface area (Å²) >= 11 is 1.81. The summed E-state index contributed by atoms with van der Waals surface area (Å²) in [6, 6.07) is 8.18. The summed E-state index contributed by atoms with van der Waals surface area (Å²) in [5, 5.41) is 9.56. The first-order chi connectivity index (χ1) is 10.1. The molecule has 0 fully saturated rings. The fourth-order valence-corrected chi connectivity index (χ4v) is 2.79. The Kier molecular flexibility index (Phi) is 5.68. The molecule has 2 N–H and O–H groups in total. The van der Waals surface area contributed by atoms with E-state index < -0.39 is 0 Å². The monoisotopic (exact) mass is 304 g/mol. The van der Waals surface area contributed by atoms with Crippen LogP contribution in [0.3, 0.4) is 0 Å². The number of aromatic nitrogens is 2. The van der Waals surface area contributed by atoms with Crippen LogP contribution in [-0.2, 0) is 12.8 Å². The smallest absolute Gasteiger partial charge is 0.319 e. The number of nitrogens with zero attached hydrogens (tertiary/aromatic N) is 2. The van der Waals surface area contributed by atoms with Crippen LogP contribution >= 0.6 is 11.8 Å². The topological polar surface area (TPSA) is 59.0 Å².